The number of halogens is 3. The van der Waals surface area contributed by atoms with Crippen molar-refractivity contribution in [3.8, 4) is 0 Å². The number of ether oxygens (including phenoxy) is 1. The minimum absolute atomic E-state index is 0.0898. The van der Waals surface area contributed by atoms with Gasteiger partial charge in [0, 0.05) is 13.2 Å². The lowest BCUT2D eigenvalue weighted by Crippen LogP contribution is -2.48. The second-order valence-electron chi connectivity index (χ2n) is 7.15. The number of carboxylic acids is 1. The molecule has 0 aromatic heterocycles. The van der Waals surface area contributed by atoms with Crippen LogP contribution in [-0.2, 0) is 14.3 Å². The Labute approximate surface area is 173 Å². The lowest BCUT2D eigenvalue weighted by molar-refractivity contribution is -0.192. The van der Waals surface area contributed by atoms with Gasteiger partial charge in [-0.25, -0.2) is 4.79 Å². The van der Waals surface area contributed by atoms with E-state index in [0.29, 0.717) is 0 Å². The van der Waals surface area contributed by atoms with Gasteiger partial charge >= 0.3 is 12.1 Å². The minimum Gasteiger partial charge on any atom is -0.475 e. The minimum atomic E-state index is -5.08. The molecule has 1 aromatic rings. The summed E-state index contributed by atoms with van der Waals surface area (Å²) >= 11 is 0. The molecule has 0 unspecified atom stereocenters. The number of rotatable bonds is 7. The van der Waals surface area contributed by atoms with Crippen LogP contribution >= 0.6 is 0 Å². The summed E-state index contributed by atoms with van der Waals surface area (Å²) in [5.41, 5.74) is 0.800. The van der Waals surface area contributed by atoms with Crippen molar-refractivity contribution >= 4 is 11.9 Å². The van der Waals surface area contributed by atoms with Crippen molar-refractivity contribution in [3.63, 3.8) is 0 Å². The highest BCUT2D eigenvalue weighted by molar-refractivity contribution is 5.79. The molecule has 0 radical (unpaired) electrons. The third-order valence-corrected chi connectivity index (χ3v) is 4.90. The summed E-state index contributed by atoms with van der Waals surface area (Å²) < 4.78 is 37.3. The van der Waals surface area contributed by atoms with Crippen LogP contribution in [-0.4, -0.2) is 60.1 Å². The van der Waals surface area contributed by atoms with Gasteiger partial charge in [0.25, 0.3) is 0 Å². The maximum absolute atomic E-state index is 12.5. The van der Waals surface area contributed by atoms with E-state index in [-0.39, 0.29) is 30.0 Å². The first-order valence-corrected chi connectivity index (χ1v) is 9.58. The predicted octanol–water partition coefficient (Wildman–Crippen LogP) is 2.26. The van der Waals surface area contributed by atoms with Crippen LogP contribution in [0.5, 0.6) is 0 Å². The number of benzene rings is 1. The molecular formula is C20H29F3N2O5. The molecule has 2 rings (SSSR count). The van der Waals surface area contributed by atoms with E-state index >= 15 is 0 Å². The van der Waals surface area contributed by atoms with Gasteiger partial charge in [0.05, 0.1) is 24.2 Å². The Balaban J connectivity index is 0.000000553. The summed E-state index contributed by atoms with van der Waals surface area (Å²) in [6, 6.07) is 9.23. The van der Waals surface area contributed by atoms with Gasteiger partial charge in [0.15, 0.2) is 0 Å². The number of aliphatic carboxylic acids is 1. The molecule has 1 saturated heterocycles. The van der Waals surface area contributed by atoms with Crippen LogP contribution in [0.2, 0.25) is 0 Å². The molecule has 0 spiro atoms. The quantitative estimate of drug-likeness (QED) is 0.524. The number of hydrogen-bond donors (Lipinski definition) is 4. The number of aliphatic hydroxyl groups is 1. The van der Waals surface area contributed by atoms with E-state index in [1.807, 2.05) is 44.2 Å². The van der Waals surface area contributed by atoms with Gasteiger partial charge in [-0.2, -0.15) is 13.2 Å². The molecule has 1 aromatic carbocycles. The van der Waals surface area contributed by atoms with Gasteiger partial charge in [0.2, 0.25) is 5.91 Å². The molecule has 170 valence electrons. The Morgan fingerprint density at radius 1 is 1.23 bits per heavy atom. The van der Waals surface area contributed by atoms with Gasteiger partial charge in [-0.15, -0.1) is 0 Å². The van der Waals surface area contributed by atoms with Crippen LogP contribution in [0.1, 0.15) is 38.4 Å². The molecule has 1 amide bonds. The molecule has 5 atom stereocenters. The van der Waals surface area contributed by atoms with Crippen LogP contribution in [0.25, 0.3) is 0 Å². The highest BCUT2D eigenvalue weighted by atomic mass is 19.4. The van der Waals surface area contributed by atoms with Crippen molar-refractivity contribution in [2.24, 2.45) is 5.92 Å². The second-order valence-corrected chi connectivity index (χ2v) is 7.15. The SMILES string of the molecule is CO[C@@H]([C@@H]1CCCN1)[C@@H](C)C(=O)N[C@H](C)[C@@H](O)c1ccccc1.O=C(O)C(F)(F)F. The van der Waals surface area contributed by atoms with Crippen LogP contribution in [0.4, 0.5) is 13.2 Å². The smallest absolute Gasteiger partial charge is 0.475 e. The van der Waals surface area contributed by atoms with E-state index in [1.54, 1.807) is 7.11 Å². The summed E-state index contributed by atoms with van der Waals surface area (Å²) in [6.07, 6.45) is -3.82. The zero-order chi connectivity index (χ0) is 22.9. The summed E-state index contributed by atoms with van der Waals surface area (Å²) in [6.45, 7) is 4.67. The first-order chi connectivity index (χ1) is 14.0. The van der Waals surface area contributed by atoms with E-state index in [2.05, 4.69) is 10.6 Å². The topological polar surface area (TPSA) is 108 Å². The van der Waals surface area contributed by atoms with Crippen LogP contribution in [0.3, 0.4) is 0 Å². The summed E-state index contributed by atoms with van der Waals surface area (Å²) in [4.78, 5) is 21.4. The van der Waals surface area contributed by atoms with E-state index in [9.17, 15) is 23.1 Å². The molecule has 1 aliphatic rings. The van der Waals surface area contributed by atoms with Crippen LogP contribution in [0, 0.1) is 5.92 Å². The predicted molar refractivity (Wildman–Crippen MR) is 104 cm³/mol. The molecule has 4 N–H and O–H groups in total. The molecule has 1 aliphatic heterocycles. The first-order valence-electron chi connectivity index (χ1n) is 9.58. The summed E-state index contributed by atoms with van der Waals surface area (Å²) in [5, 5.41) is 23.8. The number of aliphatic hydroxyl groups excluding tert-OH is 1. The molecule has 10 heteroatoms. The standard InChI is InChI=1S/C18H28N2O3.C2HF3O2/c1-12(17(23-3)15-10-7-11-19-15)18(22)20-13(2)16(21)14-8-5-4-6-9-14;3-2(4,5)1(6)7/h4-6,8-9,12-13,15-17,19,21H,7,10-11H2,1-3H3,(H,20,22);(H,6,7)/t12-,13-,15+,16-,17-;/m1./s1. The number of alkyl halides is 3. The molecule has 0 aliphatic carbocycles. The average molecular weight is 434 g/mol. The number of methoxy groups -OCH3 is 1. The molecule has 1 heterocycles. The summed E-state index contributed by atoms with van der Waals surface area (Å²) in [5.74, 6) is -3.12. The third-order valence-electron chi connectivity index (χ3n) is 4.90. The van der Waals surface area contributed by atoms with Crippen LogP contribution in [0.15, 0.2) is 30.3 Å². The molecular weight excluding hydrogens is 405 g/mol. The van der Waals surface area contributed by atoms with Crippen molar-refractivity contribution in [3.05, 3.63) is 35.9 Å². The number of carboxylic acid groups (broad SMARTS) is 1. The van der Waals surface area contributed by atoms with Gasteiger partial charge in [-0.3, -0.25) is 4.79 Å². The molecule has 30 heavy (non-hydrogen) atoms. The highest BCUT2D eigenvalue weighted by Gasteiger charge is 2.38. The monoisotopic (exact) mass is 434 g/mol. The van der Waals surface area contributed by atoms with Crippen LogP contribution < -0.4 is 10.6 Å². The third kappa shape index (κ3) is 7.92. The van der Waals surface area contributed by atoms with Gasteiger partial charge in [-0.1, -0.05) is 37.3 Å². The van der Waals surface area contributed by atoms with E-state index in [4.69, 9.17) is 14.6 Å². The zero-order valence-electron chi connectivity index (χ0n) is 17.1. The molecule has 0 bridgehead atoms. The zero-order valence-corrected chi connectivity index (χ0v) is 17.1. The summed E-state index contributed by atoms with van der Waals surface area (Å²) in [7, 11) is 1.65. The van der Waals surface area contributed by atoms with Crippen molar-refractivity contribution in [1.29, 1.82) is 0 Å². The second kappa shape index (κ2) is 11.9. The van der Waals surface area contributed by atoms with Gasteiger partial charge in [-0.05, 0) is 31.9 Å². The number of carbonyl (C=O) groups is 2. The maximum atomic E-state index is 12.5. The Morgan fingerprint density at radius 2 is 1.80 bits per heavy atom. The normalized spacial score (nSPS) is 20.3. The Bertz CT molecular complexity index is 666. The van der Waals surface area contributed by atoms with Gasteiger partial charge < -0.3 is 25.6 Å². The van der Waals surface area contributed by atoms with Crippen molar-refractivity contribution in [2.45, 2.75) is 57.2 Å². The fourth-order valence-corrected chi connectivity index (χ4v) is 3.23. The molecule has 7 nitrogen and oxygen atoms in total. The number of carbonyl (C=O) groups excluding carboxylic acids is 1. The van der Waals surface area contributed by atoms with E-state index in [0.717, 1.165) is 24.9 Å². The Hall–Kier alpha value is -2.17. The average Bonchev–Trinajstić information content (AvgIpc) is 3.22. The fourth-order valence-electron chi connectivity index (χ4n) is 3.23. The lowest BCUT2D eigenvalue weighted by Gasteiger charge is -2.29. The van der Waals surface area contributed by atoms with E-state index < -0.39 is 18.2 Å². The molecule has 1 fully saturated rings. The number of amides is 1. The van der Waals surface area contributed by atoms with Gasteiger partial charge in [0.1, 0.15) is 0 Å². The Morgan fingerprint density at radius 3 is 2.23 bits per heavy atom. The first kappa shape index (κ1) is 25.9. The number of hydrogen-bond acceptors (Lipinski definition) is 5. The lowest BCUT2D eigenvalue weighted by atomic mass is 9.94. The highest BCUT2D eigenvalue weighted by Crippen LogP contribution is 2.21. The number of nitrogens with one attached hydrogen (secondary N) is 2. The largest absolute Gasteiger partial charge is 0.490 e. The van der Waals surface area contributed by atoms with E-state index in [1.165, 1.54) is 0 Å². The Kier molecular flexibility index (Phi) is 10.2. The van der Waals surface area contributed by atoms with Crippen molar-refractivity contribution in [2.75, 3.05) is 13.7 Å². The fraction of sp³-hybridized carbons (Fsp3) is 0.600. The van der Waals surface area contributed by atoms with Crippen molar-refractivity contribution in [1.82, 2.24) is 10.6 Å². The van der Waals surface area contributed by atoms with Crippen molar-refractivity contribution < 1.29 is 37.7 Å². The molecule has 0 saturated carbocycles. The maximum Gasteiger partial charge on any atom is 0.490 e.